The first kappa shape index (κ1) is 13.7. The van der Waals surface area contributed by atoms with Crippen LogP contribution in [0.25, 0.3) is 0 Å². The molecular formula is C10H14N4O4S. The van der Waals surface area contributed by atoms with Crippen LogP contribution in [0.15, 0.2) is 23.2 Å². The average molecular weight is 286 g/mol. The van der Waals surface area contributed by atoms with Crippen molar-refractivity contribution >= 4 is 21.7 Å². The van der Waals surface area contributed by atoms with Crippen molar-refractivity contribution in [1.82, 2.24) is 9.29 Å². The van der Waals surface area contributed by atoms with Crippen LogP contribution in [0.1, 0.15) is 6.42 Å². The summed E-state index contributed by atoms with van der Waals surface area (Å²) in [5, 5.41) is 9.52. The van der Waals surface area contributed by atoms with Crippen LogP contribution >= 0.6 is 0 Å². The van der Waals surface area contributed by atoms with E-state index in [1.807, 2.05) is 0 Å². The van der Waals surface area contributed by atoms with Gasteiger partial charge in [0.2, 0.25) is 15.9 Å². The fourth-order valence-corrected chi connectivity index (χ4v) is 3.58. The van der Waals surface area contributed by atoms with Gasteiger partial charge in [0.1, 0.15) is 16.8 Å². The topological polar surface area (TPSA) is 140 Å². The summed E-state index contributed by atoms with van der Waals surface area (Å²) in [5.74, 6) is -0.601. The number of rotatable bonds is 3. The van der Waals surface area contributed by atoms with E-state index in [-0.39, 0.29) is 23.7 Å². The van der Waals surface area contributed by atoms with Gasteiger partial charge in [0.05, 0.1) is 6.10 Å². The van der Waals surface area contributed by atoms with Crippen LogP contribution < -0.4 is 11.5 Å². The lowest BCUT2D eigenvalue weighted by atomic mass is 10.2. The Kier molecular flexibility index (Phi) is 3.43. The Hall–Kier alpha value is -1.71. The Morgan fingerprint density at radius 3 is 2.68 bits per heavy atom. The highest BCUT2D eigenvalue weighted by Gasteiger charge is 2.42. The van der Waals surface area contributed by atoms with Crippen LogP contribution in [0.3, 0.4) is 0 Å². The third-order valence-electron chi connectivity index (χ3n) is 2.93. The Labute approximate surface area is 110 Å². The minimum atomic E-state index is -3.93. The number of nitrogen functional groups attached to an aromatic ring is 1. The van der Waals surface area contributed by atoms with E-state index in [1.54, 1.807) is 0 Å². The van der Waals surface area contributed by atoms with Crippen LogP contribution in [0.5, 0.6) is 0 Å². The molecule has 0 spiro atoms. The molecule has 0 bridgehead atoms. The number of aliphatic hydroxyl groups is 1. The number of anilines is 1. The van der Waals surface area contributed by atoms with E-state index < -0.39 is 28.1 Å². The van der Waals surface area contributed by atoms with Crippen molar-refractivity contribution < 1.29 is 18.3 Å². The number of nitrogens with zero attached hydrogens (tertiary/aromatic N) is 2. The average Bonchev–Trinajstić information content (AvgIpc) is 2.73. The van der Waals surface area contributed by atoms with Crippen molar-refractivity contribution in [2.75, 3.05) is 12.3 Å². The molecule has 104 valence electrons. The van der Waals surface area contributed by atoms with Crippen molar-refractivity contribution in [3.8, 4) is 0 Å². The summed E-state index contributed by atoms with van der Waals surface area (Å²) < 4.78 is 25.6. The molecule has 1 fully saturated rings. The molecule has 1 saturated heterocycles. The quantitative estimate of drug-likeness (QED) is 0.603. The molecule has 0 aromatic carbocycles. The summed E-state index contributed by atoms with van der Waals surface area (Å²) in [4.78, 5) is 14.9. The Morgan fingerprint density at radius 1 is 1.47 bits per heavy atom. The second-order valence-electron chi connectivity index (χ2n) is 4.30. The molecule has 1 amide bonds. The number of amides is 1. The van der Waals surface area contributed by atoms with E-state index in [1.165, 1.54) is 12.1 Å². The zero-order valence-electron chi connectivity index (χ0n) is 9.93. The molecule has 5 N–H and O–H groups in total. The number of hydrogen-bond acceptors (Lipinski definition) is 6. The van der Waals surface area contributed by atoms with Crippen molar-refractivity contribution in [1.29, 1.82) is 0 Å². The molecule has 0 aliphatic carbocycles. The lowest BCUT2D eigenvalue weighted by molar-refractivity contribution is -0.121. The number of carbonyl (C=O) groups is 1. The number of β-amino-alcohol motifs (C(OH)–C–C–N with tert-alkyl or cyclic N) is 1. The lowest BCUT2D eigenvalue weighted by Gasteiger charge is -2.21. The second-order valence-corrected chi connectivity index (χ2v) is 6.19. The van der Waals surface area contributed by atoms with Gasteiger partial charge in [0.15, 0.2) is 0 Å². The van der Waals surface area contributed by atoms with Crippen LogP contribution in [0, 0.1) is 0 Å². The maximum absolute atomic E-state index is 12.3. The fourth-order valence-electron chi connectivity index (χ4n) is 1.99. The molecule has 2 atom stereocenters. The highest BCUT2D eigenvalue weighted by atomic mass is 32.2. The standard InChI is InChI=1S/C10H14N4O4S/c11-9-2-1-7(4-13-9)19(17,18)14-5-6(15)3-8(14)10(12)16/h1-2,4,6,8,15H,3,5H2,(H2,11,13)(H2,12,16). The van der Waals surface area contributed by atoms with Gasteiger partial charge < -0.3 is 16.6 Å². The predicted octanol–water partition coefficient (Wildman–Crippen LogP) is -1.73. The molecule has 8 nitrogen and oxygen atoms in total. The summed E-state index contributed by atoms with van der Waals surface area (Å²) in [6, 6.07) is 1.59. The molecule has 19 heavy (non-hydrogen) atoms. The van der Waals surface area contributed by atoms with Gasteiger partial charge in [-0.1, -0.05) is 0 Å². The van der Waals surface area contributed by atoms with E-state index >= 15 is 0 Å². The molecule has 9 heteroatoms. The van der Waals surface area contributed by atoms with Gasteiger partial charge in [0, 0.05) is 19.2 Å². The van der Waals surface area contributed by atoms with Gasteiger partial charge in [-0.15, -0.1) is 0 Å². The third kappa shape index (κ3) is 2.53. The van der Waals surface area contributed by atoms with E-state index in [0.717, 1.165) is 10.5 Å². The van der Waals surface area contributed by atoms with E-state index in [2.05, 4.69) is 4.98 Å². The maximum atomic E-state index is 12.3. The van der Waals surface area contributed by atoms with Gasteiger partial charge in [-0.3, -0.25) is 4.79 Å². The second kappa shape index (κ2) is 4.76. The molecule has 0 radical (unpaired) electrons. The molecule has 1 aliphatic heterocycles. The first-order chi connectivity index (χ1) is 8.82. The summed E-state index contributed by atoms with van der Waals surface area (Å²) in [6.45, 7) is -0.166. The van der Waals surface area contributed by atoms with E-state index in [4.69, 9.17) is 11.5 Å². The molecule has 2 heterocycles. The van der Waals surface area contributed by atoms with Crippen molar-refractivity contribution in [3.05, 3.63) is 18.3 Å². The first-order valence-electron chi connectivity index (χ1n) is 5.53. The number of nitrogens with two attached hydrogens (primary N) is 2. The number of aromatic nitrogens is 1. The molecule has 1 aliphatic rings. The highest BCUT2D eigenvalue weighted by Crippen LogP contribution is 2.26. The molecule has 1 aromatic heterocycles. The molecular weight excluding hydrogens is 272 g/mol. The van der Waals surface area contributed by atoms with Gasteiger partial charge in [-0.2, -0.15) is 4.31 Å². The Bertz CT molecular complexity index is 586. The monoisotopic (exact) mass is 286 g/mol. The highest BCUT2D eigenvalue weighted by molar-refractivity contribution is 7.89. The van der Waals surface area contributed by atoms with Gasteiger partial charge in [-0.25, -0.2) is 13.4 Å². The van der Waals surface area contributed by atoms with Crippen LogP contribution in [0.4, 0.5) is 5.82 Å². The molecule has 2 rings (SSSR count). The zero-order valence-corrected chi connectivity index (χ0v) is 10.7. The predicted molar refractivity (Wildman–Crippen MR) is 66.1 cm³/mol. The van der Waals surface area contributed by atoms with Crippen LogP contribution in [-0.2, 0) is 14.8 Å². The number of sulfonamides is 1. The number of aliphatic hydroxyl groups excluding tert-OH is 1. The summed E-state index contributed by atoms with van der Waals surface area (Å²) in [7, 11) is -3.93. The van der Waals surface area contributed by atoms with Crippen LogP contribution in [0.2, 0.25) is 0 Å². The normalized spacial score (nSPS) is 24.5. The Morgan fingerprint density at radius 2 is 2.16 bits per heavy atom. The molecule has 2 unspecified atom stereocenters. The van der Waals surface area contributed by atoms with Gasteiger partial charge >= 0.3 is 0 Å². The van der Waals surface area contributed by atoms with Gasteiger partial charge in [0.25, 0.3) is 0 Å². The zero-order chi connectivity index (χ0) is 14.2. The van der Waals surface area contributed by atoms with E-state index in [9.17, 15) is 18.3 Å². The van der Waals surface area contributed by atoms with E-state index in [0.29, 0.717) is 0 Å². The van der Waals surface area contributed by atoms with Crippen molar-refractivity contribution in [2.24, 2.45) is 5.73 Å². The fraction of sp³-hybridized carbons (Fsp3) is 0.400. The number of primary amides is 1. The smallest absolute Gasteiger partial charge is 0.245 e. The van der Waals surface area contributed by atoms with Crippen molar-refractivity contribution in [3.63, 3.8) is 0 Å². The first-order valence-corrected chi connectivity index (χ1v) is 6.97. The summed E-state index contributed by atoms with van der Waals surface area (Å²) in [6.07, 6.45) is 0.193. The largest absolute Gasteiger partial charge is 0.392 e. The lowest BCUT2D eigenvalue weighted by Crippen LogP contribution is -2.43. The number of carbonyl (C=O) groups excluding carboxylic acids is 1. The van der Waals surface area contributed by atoms with Crippen molar-refractivity contribution in [2.45, 2.75) is 23.5 Å². The van der Waals surface area contributed by atoms with Gasteiger partial charge in [-0.05, 0) is 12.1 Å². The number of hydrogen-bond donors (Lipinski definition) is 3. The third-order valence-corrected chi connectivity index (χ3v) is 4.79. The Balaban J connectivity index is 2.38. The summed E-state index contributed by atoms with van der Waals surface area (Å²) in [5.41, 5.74) is 10.5. The minimum absolute atomic E-state index is 0.00301. The number of pyridine rings is 1. The maximum Gasteiger partial charge on any atom is 0.245 e. The molecule has 0 saturated carbocycles. The summed E-state index contributed by atoms with van der Waals surface area (Å²) >= 11 is 0. The molecule has 1 aromatic rings. The van der Waals surface area contributed by atoms with Crippen LogP contribution in [-0.4, -0.2) is 47.4 Å². The SMILES string of the molecule is NC(=O)C1CC(O)CN1S(=O)(=O)c1ccc(N)nc1. The minimum Gasteiger partial charge on any atom is -0.392 e.